The molecule has 0 aliphatic rings. The molecule has 0 atom stereocenters. The van der Waals surface area contributed by atoms with Crippen LogP contribution in [0.3, 0.4) is 0 Å². The lowest BCUT2D eigenvalue weighted by atomic mass is 10.1. The Hall–Kier alpha value is -2.62. The molecule has 92 valence electrons. The van der Waals surface area contributed by atoms with Gasteiger partial charge in [-0.3, -0.25) is 4.79 Å². The Morgan fingerprint density at radius 2 is 1.89 bits per heavy atom. The van der Waals surface area contributed by atoms with Gasteiger partial charge in [0.2, 0.25) is 5.58 Å². The van der Waals surface area contributed by atoms with E-state index in [4.69, 9.17) is 4.42 Å². The van der Waals surface area contributed by atoms with Crippen molar-refractivity contribution in [1.82, 2.24) is 4.98 Å². The maximum atomic E-state index is 13.4. The van der Waals surface area contributed by atoms with E-state index in [1.54, 1.807) is 12.1 Å². The third kappa shape index (κ3) is 1.34. The van der Waals surface area contributed by atoms with Crippen LogP contribution in [-0.2, 0) is 0 Å². The number of pyridine rings is 1. The van der Waals surface area contributed by atoms with Crippen LogP contribution in [-0.4, -0.2) is 4.98 Å². The van der Waals surface area contributed by atoms with E-state index in [0.717, 1.165) is 5.39 Å². The van der Waals surface area contributed by atoms with E-state index in [1.807, 2.05) is 18.2 Å². The summed E-state index contributed by atoms with van der Waals surface area (Å²) < 4.78 is 19.0. The Bertz CT molecular complexity index is 997. The van der Waals surface area contributed by atoms with Crippen molar-refractivity contribution < 1.29 is 8.81 Å². The van der Waals surface area contributed by atoms with Crippen molar-refractivity contribution in [2.45, 2.75) is 0 Å². The predicted molar refractivity (Wildman–Crippen MR) is 71.8 cm³/mol. The molecule has 3 nitrogen and oxygen atoms in total. The second-order valence-corrected chi connectivity index (χ2v) is 4.45. The molecular formula is C15H8FNO2. The molecule has 4 rings (SSSR count). The second kappa shape index (κ2) is 3.45. The van der Waals surface area contributed by atoms with Crippen molar-refractivity contribution in [1.29, 1.82) is 0 Å². The number of hydrogen-bond donors (Lipinski definition) is 1. The van der Waals surface area contributed by atoms with Crippen LogP contribution < -0.4 is 5.56 Å². The fourth-order valence-corrected chi connectivity index (χ4v) is 2.48. The van der Waals surface area contributed by atoms with Crippen molar-refractivity contribution in [3.8, 4) is 0 Å². The monoisotopic (exact) mass is 253 g/mol. The van der Waals surface area contributed by atoms with E-state index in [1.165, 1.54) is 12.1 Å². The highest BCUT2D eigenvalue weighted by Gasteiger charge is 2.13. The molecule has 4 heteroatoms. The largest absolute Gasteiger partial charge is 0.450 e. The first-order valence-electron chi connectivity index (χ1n) is 5.87. The van der Waals surface area contributed by atoms with Crippen LogP contribution >= 0.6 is 0 Å². The van der Waals surface area contributed by atoms with E-state index in [0.29, 0.717) is 21.9 Å². The number of benzene rings is 2. The predicted octanol–water partition coefficient (Wildman–Crippen LogP) is 3.57. The van der Waals surface area contributed by atoms with Gasteiger partial charge in [0.15, 0.2) is 0 Å². The van der Waals surface area contributed by atoms with Gasteiger partial charge < -0.3 is 9.40 Å². The lowest BCUT2D eigenvalue weighted by molar-refractivity contribution is 0.629. The zero-order valence-corrected chi connectivity index (χ0v) is 9.74. The highest BCUT2D eigenvalue weighted by atomic mass is 19.1. The number of hydrogen-bond acceptors (Lipinski definition) is 2. The van der Waals surface area contributed by atoms with Gasteiger partial charge in [-0.05, 0) is 24.3 Å². The number of nitrogens with one attached hydrogen (secondary N) is 1. The standard InChI is InChI=1S/C15H8FNO2/c16-8-5-6-11-10(7-8)13-9-3-1-2-4-12(9)19-14(13)15(18)17-11/h1-7H,(H,17,18). The van der Waals surface area contributed by atoms with Crippen molar-refractivity contribution in [3.05, 3.63) is 58.6 Å². The summed E-state index contributed by atoms with van der Waals surface area (Å²) in [5.41, 5.74) is 1.16. The second-order valence-electron chi connectivity index (χ2n) is 4.45. The molecule has 0 spiro atoms. The topological polar surface area (TPSA) is 46.0 Å². The number of furan rings is 1. The SMILES string of the molecule is O=c1[nH]c2ccc(F)cc2c2c1oc1ccccc12. The number of rotatable bonds is 0. The van der Waals surface area contributed by atoms with Crippen LogP contribution in [0.4, 0.5) is 4.39 Å². The van der Waals surface area contributed by atoms with Crippen LogP contribution in [0.1, 0.15) is 0 Å². The van der Waals surface area contributed by atoms with Gasteiger partial charge in [-0.15, -0.1) is 0 Å². The summed E-state index contributed by atoms with van der Waals surface area (Å²) in [6.45, 7) is 0. The number of H-pyrrole nitrogens is 1. The summed E-state index contributed by atoms with van der Waals surface area (Å²) in [6, 6.07) is 11.7. The van der Waals surface area contributed by atoms with Crippen molar-refractivity contribution in [3.63, 3.8) is 0 Å². The number of fused-ring (bicyclic) bond motifs is 5. The molecule has 0 saturated heterocycles. The minimum Gasteiger partial charge on any atom is -0.450 e. The van der Waals surface area contributed by atoms with E-state index < -0.39 is 0 Å². The Morgan fingerprint density at radius 1 is 1.05 bits per heavy atom. The van der Waals surface area contributed by atoms with Gasteiger partial charge in [0, 0.05) is 21.7 Å². The smallest absolute Gasteiger partial charge is 0.292 e. The Labute approximate surface area is 106 Å². The van der Waals surface area contributed by atoms with Crippen molar-refractivity contribution in [2.24, 2.45) is 0 Å². The number of aromatic nitrogens is 1. The van der Waals surface area contributed by atoms with E-state index in [2.05, 4.69) is 4.98 Å². The molecule has 1 N–H and O–H groups in total. The Balaban J connectivity index is 2.42. The highest BCUT2D eigenvalue weighted by molar-refractivity contribution is 6.17. The lowest BCUT2D eigenvalue weighted by Gasteiger charge is -1.99. The zero-order valence-electron chi connectivity index (χ0n) is 9.74. The number of para-hydroxylation sites is 1. The molecule has 2 aromatic heterocycles. The molecule has 0 aliphatic carbocycles. The Kier molecular flexibility index (Phi) is 1.87. The maximum Gasteiger partial charge on any atom is 0.292 e. The lowest BCUT2D eigenvalue weighted by Crippen LogP contribution is -2.04. The first kappa shape index (κ1) is 10.3. The van der Waals surface area contributed by atoms with Gasteiger partial charge in [0.1, 0.15) is 11.4 Å². The molecule has 0 bridgehead atoms. The van der Waals surface area contributed by atoms with Crippen LogP contribution in [0.15, 0.2) is 51.7 Å². The average molecular weight is 253 g/mol. The molecule has 0 saturated carbocycles. The zero-order chi connectivity index (χ0) is 13.0. The van der Waals surface area contributed by atoms with Crippen LogP contribution in [0, 0.1) is 5.82 Å². The minimum atomic E-state index is -0.342. The van der Waals surface area contributed by atoms with E-state index >= 15 is 0 Å². The average Bonchev–Trinajstić information content (AvgIpc) is 2.80. The van der Waals surface area contributed by atoms with Crippen LogP contribution in [0.2, 0.25) is 0 Å². The summed E-state index contributed by atoms with van der Waals surface area (Å²) in [7, 11) is 0. The van der Waals surface area contributed by atoms with Gasteiger partial charge in [0.25, 0.3) is 5.56 Å². The first-order chi connectivity index (χ1) is 9.24. The van der Waals surface area contributed by atoms with Crippen LogP contribution in [0.25, 0.3) is 32.8 Å². The summed E-state index contributed by atoms with van der Waals surface area (Å²) in [4.78, 5) is 14.7. The van der Waals surface area contributed by atoms with E-state index in [9.17, 15) is 9.18 Å². The van der Waals surface area contributed by atoms with Gasteiger partial charge in [-0.2, -0.15) is 0 Å². The molecule has 0 unspecified atom stereocenters. The molecule has 19 heavy (non-hydrogen) atoms. The summed E-state index contributed by atoms with van der Waals surface area (Å²) >= 11 is 0. The molecule has 0 fully saturated rings. The maximum absolute atomic E-state index is 13.4. The third-order valence-corrected chi connectivity index (χ3v) is 3.30. The molecular weight excluding hydrogens is 245 g/mol. The van der Waals surface area contributed by atoms with Crippen LogP contribution in [0.5, 0.6) is 0 Å². The molecule has 0 amide bonds. The summed E-state index contributed by atoms with van der Waals surface area (Å²) in [6.07, 6.45) is 0. The van der Waals surface area contributed by atoms with E-state index in [-0.39, 0.29) is 17.0 Å². The van der Waals surface area contributed by atoms with Gasteiger partial charge in [-0.25, -0.2) is 4.39 Å². The quantitative estimate of drug-likeness (QED) is 0.520. The fraction of sp³-hybridized carbons (Fsp3) is 0. The van der Waals surface area contributed by atoms with Gasteiger partial charge in [0.05, 0.1) is 0 Å². The molecule has 0 radical (unpaired) electrons. The molecule has 2 heterocycles. The number of aromatic amines is 1. The third-order valence-electron chi connectivity index (χ3n) is 3.30. The minimum absolute atomic E-state index is 0.235. The highest BCUT2D eigenvalue weighted by Crippen LogP contribution is 2.31. The molecule has 2 aromatic carbocycles. The van der Waals surface area contributed by atoms with Gasteiger partial charge in [-0.1, -0.05) is 18.2 Å². The van der Waals surface area contributed by atoms with Crippen molar-refractivity contribution in [2.75, 3.05) is 0 Å². The normalized spacial score (nSPS) is 11.6. The first-order valence-corrected chi connectivity index (χ1v) is 5.87. The summed E-state index contributed by atoms with van der Waals surface area (Å²) in [5.74, 6) is -0.342. The van der Waals surface area contributed by atoms with Crippen molar-refractivity contribution >= 4 is 32.8 Å². The summed E-state index contributed by atoms with van der Waals surface area (Å²) in [5, 5.41) is 2.13. The molecule has 4 aromatic rings. The molecule has 0 aliphatic heterocycles. The number of halogens is 1. The fourth-order valence-electron chi connectivity index (χ4n) is 2.48. The Morgan fingerprint density at radius 3 is 2.79 bits per heavy atom. The van der Waals surface area contributed by atoms with Gasteiger partial charge >= 0.3 is 0 Å².